The van der Waals surface area contributed by atoms with E-state index in [-0.39, 0.29) is 5.41 Å². The summed E-state index contributed by atoms with van der Waals surface area (Å²) in [6, 6.07) is 31.0. The first-order valence-electron chi connectivity index (χ1n) is 10.5. The standard InChI is InChI=1S/C28H29/c1-3-4-5-10-19-28(2,26-17-15-22-11-6-8-13-24(22)20-26)27-18-16-23-12-7-9-14-25(23)21-27/h6-9,11-18,20-21H,2-5,10,19H2,1H3. The lowest BCUT2D eigenvalue weighted by molar-refractivity contribution is 0.518. The second-order valence-electron chi connectivity index (χ2n) is 8.02. The molecule has 0 heterocycles. The zero-order valence-corrected chi connectivity index (χ0v) is 16.8. The van der Waals surface area contributed by atoms with Crippen molar-refractivity contribution in [2.75, 3.05) is 0 Å². The Morgan fingerprint density at radius 3 is 1.61 bits per heavy atom. The third kappa shape index (κ3) is 3.69. The predicted molar refractivity (Wildman–Crippen MR) is 123 cm³/mol. The van der Waals surface area contributed by atoms with Crippen molar-refractivity contribution >= 4 is 21.5 Å². The molecule has 0 aliphatic carbocycles. The molecule has 0 heteroatoms. The van der Waals surface area contributed by atoms with Crippen molar-refractivity contribution < 1.29 is 0 Å². The third-order valence-electron chi connectivity index (χ3n) is 6.06. The molecule has 0 bridgehead atoms. The highest BCUT2D eigenvalue weighted by Gasteiger charge is 2.29. The smallest absolute Gasteiger partial charge is 0.0203 e. The molecule has 0 saturated heterocycles. The van der Waals surface area contributed by atoms with E-state index in [1.165, 1.54) is 58.4 Å². The molecule has 0 unspecified atom stereocenters. The van der Waals surface area contributed by atoms with Crippen LogP contribution in [-0.4, -0.2) is 0 Å². The van der Waals surface area contributed by atoms with Gasteiger partial charge in [0.05, 0.1) is 0 Å². The van der Waals surface area contributed by atoms with Gasteiger partial charge >= 0.3 is 0 Å². The number of rotatable bonds is 7. The average Bonchev–Trinajstić information content (AvgIpc) is 2.76. The molecule has 0 aliphatic rings. The third-order valence-corrected chi connectivity index (χ3v) is 6.06. The lowest BCUT2D eigenvalue weighted by Crippen LogP contribution is -2.24. The molecular weight excluding hydrogens is 336 g/mol. The molecule has 28 heavy (non-hydrogen) atoms. The average molecular weight is 366 g/mol. The van der Waals surface area contributed by atoms with Crippen LogP contribution in [0.25, 0.3) is 21.5 Å². The second kappa shape index (κ2) is 8.19. The van der Waals surface area contributed by atoms with Crippen molar-refractivity contribution in [3.05, 3.63) is 103 Å². The molecule has 4 rings (SSSR count). The summed E-state index contributed by atoms with van der Waals surface area (Å²) in [5.74, 6) is 0. The van der Waals surface area contributed by atoms with Gasteiger partial charge in [-0.15, -0.1) is 0 Å². The monoisotopic (exact) mass is 365 g/mol. The minimum atomic E-state index is -0.220. The van der Waals surface area contributed by atoms with E-state index >= 15 is 0 Å². The van der Waals surface area contributed by atoms with Crippen LogP contribution in [0.15, 0.2) is 84.9 Å². The highest BCUT2D eigenvalue weighted by atomic mass is 14.3. The maximum atomic E-state index is 4.82. The summed E-state index contributed by atoms with van der Waals surface area (Å²) >= 11 is 0. The van der Waals surface area contributed by atoms with Crippen molar-refractivity contribution in [3.8, 4) is 0 Å². The van der Waals surface area contributed by atoms with Crippen LogP contribution in [0.3, 0.4) is 0 Å². The van der Waals surface area contributed by atoms with Crippen molar-refractivity contribution in [2.24, 2.45) is 0 Å². The Kier molecular flexibility index (Phi) is 5.48. The highest BCUT2D eigenvalue weighted by molar-refractivity contribution is 5.85. The summed E-state index contributed by atoms with van der Waals surface area (Å²) in [7, 11) is 0. The highest BCUT2D eigenvalue weighted by Crippen LogP contribution is 2.39. The largest absolute Gasteiger partial charge is 0.0654 e. The maximum Gasteiger partial charge on any atom is 0.0203 e. The first kappa shape index (κ1) is 18.7. The van der Waals surface area contributed by atoms with Gasteiger partial charge in [-0.25, -0.2) is 0 Å². The van der Waals surface area contributed by atoms with Crippen LogP contribution in [0, 0.1) is 6.92 Å². The van der Waals surface area contributed by atoms with Gasteiger partial charge in [0, 0.05) is 5.41 Å². The van der Waals surface area contributed by atoms with Gasteiger partial charge in [-0.1, -0.05) is 118 Å². The molecule has 0 aromatic heterocycles. The van der Waals surface area contributed by atoms with Crippen molar-refractivity contribution in [2.45, 2.75) is 44.4 Å². The van der Waals surface area contributed by atoms with Crippen molar-refractivity contribution in [1.82, 2.24) is 0 Å². The normalized spacial score (nSPS) is 11.9. The molecule has 4 aromatic carbocycles. The van der Waals surface area contributed by atoms with Crippen LogP contribution in [0.4, 0.5) is 0 Å². The summed E-state index contributed by atoms with van der Waals surface area (Å²) in [6.07, 6.45) is 6.11. The summed E-state index contributed by atoms with van der Waals surface area (Å²) < 4.78 is 0. The lowest BCUT2D eigenvalue weighted by atomic mass is 9.72. The van der Waals surface area contributed by atoms with Gasteiger partial charge in [0.25, 0.3) is 0 Å². The molecule has 141 valence electrons. The van der Waals surface area contributed by atoms with E-state index in [1.54, 1.807) is 0 Å². The lowest BCUT2D eigenvalue weighted by Gasteiger charge is -2.32. The van der Waals surface area contributed by atoms with Gasteiger partial charge in [-0.05, 0) is 46.0 Å². The summed E-state index contributed by atoms with van der Waals surface area (Å²) in [5, 5.41) is 5.17. The number of hydrogen-bond acceptors (Lipinski definition) is 0. The minimum absolute atomic E-state index is 0.220. The van der Waals surface area contributed by atoms with Crippen LogP contribution in [0.2, 0.25) is 0 Å². The Labute approximate surface area is 169 Å². The van der Waals surface area contributed by atoms with Crippen LogP contribution >= 0.6 is 0 Å². The molecule has 1 radical (unpaired) electrons. The van der Waals surface area contributed by atoms with E-state index < -0.39 is 0 Å². The summed E-state index contributed by atoms with van der Waals surface area (Å²) in [4.78, 5) is 0. The molecule has 0 fully saturated rings. The summed E-state index contributed by atoms with van der Waals surface area (Å²) in [5.41, 5.74) is 2.41. The van der Waals surface area contributed by atoms with Gasteiger partial charge in [0.15, 0.2) is 0 Å². The maximum absolute atomic E-state index is 4.82. The Bertz CT molecular complexity index is 994. The second-order valence-corrected chi connectivity index (χ2v) is 8.02. The first-order chi connectivity index (χ1) is 13.7. The molecule has 0 amide bonds. The van der Waals surface area contributed by atoms with E-state index in [0.717, 1.165) is 6.42 Å². The van der Waals surface area contributed by atoms with Gasteiger partial charge < -0.3 is 0 Å². The SMILES string of the molecule is [CH2]C(CCCCCC)(c1ccc2ccccc2c1)c1ccc2ccccc2c1. The summed E-state index contributed by atoms with van der Waals surface area (Å²) in [6.45, 7) is 7.09. The molecule has 0 atom stereocenters. The van der Waals surface area contributed by atoms with E-state index in [0.29, 0.717) is 0 Å². The molecule has 0 N–H and O–H groups in total. The number of benzene rings is 4. The number of fused-ring (bicyclic) bond motifs is 2. The van der Waals surface area contributed by atoms with Crippen LogP contribution in [-0.2, 0) is 5.41 Å². The van der Waals surface area contributed by atoms with Gasteiger partial charge in [0.2, 0.25) is 0 Å². The van der Waals surface area contributed by atoms with Gasteiger partial charge in [0.1, 0.15) is 0 Å². The molecule has 4 aromatic rings. The van der Waals surface area contributed by atoms with Crippen molar-refractivity contribution in [1.29, 1.82) is 0 Å². The van der Waals surface area contributed by atoms with Crippen molar-refractivity contribution in [3.63, 3.8) is 0 Å². The minimum Gasteiger partial charge on any atom is -0.0654 e. The fourth-order valence-electron chi connectivity index (χ4n) is 4.28. The molecule has 0 saturated carbocycles. The van der Waals surface area contributed by atoms with E-state index in [2.05, 4.69) is 91.9 Å². The Morgan fingerprint density at radius 2 is 1.11 bits per heavy atom. The fourth-order valence-corrected chi connectivity index (χ4v) is 4.28. The Morgan fingerprint density at radius 1 is 0.607 bits per heavy atom. The van der Waals surface area contributed by atoms with Crippen LogP contribution in [0.1, 0.15) is 50.2 Å². The fraction of sp³-hybridized carbons (Fsp3) is 0.250. The van der Waals surface area contributed by atoms with Gasteiger partial charge in [-0.3, -0.25) is 0 Å². The van der Waals surface area contributed by atoms with Crippen LogP contribution < -0.4 is 0 Å². The number of unbranched alkanes of at least 4 members (excludes halogenated alkanes) is 3. The quantitative estimate of drug-likeness (QED) is 0.290. The molecule has 0 spiro atoms. The number of hydrogen-bond donors (Lipinski definition) is 0. The van der Waals surface area contributed by atoms with Gasteiger partial charge in [-0.2, -0.15) is 0 Å². The molecular formula is C28H29. The zero-order chi connectivity index (χ0) is 19.4. The predicted octanol–water partition coefficient (Wildman–Crippen LogP) is 8.08. The molecule has 0 nitrogen and oxygen atoms in total. The Balaban J connectivity index is 1.79. The first-order valence-corrected chi connectivity index (χ1v) is 10.5. The van der Waals surface area contributed by atoms with E-state index in [1.807, 2.05) is 0 Å². The van der Waals surface area contributed by atoms with E-state index in [4.69, 9.17) is 6.92 Å². The Hall–Kier alpha value is -2.60. The van der Waals surface area contributed by atoms with Crippen LogP contribution in [0.5, 0.6) is 0 Å². The van der Waals surface area contributed by atoms with E-state index in [9.17, 15) is 0 Å². The zero-order valence-electron chi connectivity index (χ0n) is 16.8. The molecule has 0 aliphatic heterocycles. The topological polar surface area (TPSA) is 0 Å².